The SMILES string of the molecule is O=C(NCCO)c1ccc(SCc2cn3ccccc3n2)cc1. The lowest BCUT2D eigenvalue weighted by molar-refractivity contribution is 0.0944. The van der Waals surface area contributed by atoms with Crippen molar-refractivity contribution in [1.29, 1.82) is 0 Å². The van der Waals surface area contributed by atoms with Crippen molar-refractivity contribution in [3.05, 3.63) is 66.1 Å². The number of nitrogens with zero attached hydrogens (tertiary/aromatic N) is 2. The highest BCUT2D eigenvalue weighted by molar-refractivity contribution is 7.98. The molecule has 0 aliphatic carbocycles. The lowest BCUT2D eigenvalue weighted by Crippen LogP contribution is -2.26. The third-order valence-electron chi connectivity index (χ3n) is 3.31. The van der Waals surface area contributed by atoms with Crippen LogP contribution >= 0.6 is 11.8 Å². The van der Waals surface area contributed by atoms with Crippen molar-refractivity contribution in [1.82, 2.24) is 14.7 Å². The number of amides is 1. The van der Waals surface area contributed by atoms with Crippen molar-refractivity contribution in [2.45, 2.75) is 10.6 Å². The van der Waals surface area contributed by atoms with E-state index in [0.717, 1.165) is 22.0 Å². The van der Waals surface area contributed by atoms with Gasteiger partial charge in [-0.05, 0) is 36.4 Å². The fourth-order valence-corrected chi connectivity index (χ4v) is 2.97. The molecule has 0 saturated carbocycles. The van der Waals surface area contributed by atoms with Gasteiger partial charge in [0.25, 0.3) is 5.91 Å². The van der Waals surface area contributed by atoms with Gasteiger partial charge >= 0.3 is 0 Å². The van der Waals surface area contributed by atoms with Gasteiger partial charge in [0.2, 0.25) is 0 Å². The van der Waals surface area contributed by atoms with Crippen molar-refractivity contribution in [3.63, 3.8) is 0 Å². The van der Waals surface area contributed by atoms with Crippen LogP contribution in [0.3, 0.4) is 0 Å². The number of nitrogens with one attached hydrogen (secondary N) is 1. The predicted octanol–water partition coefficient (Wildman–Crippen LogP) is 2.35. The van der Waals surface area contributed by atoms with Crippen LogP contribution in [0, 0.1) is 0 Å². The maximum Gasteiger partial charge on any atom is 0.251 e. The molecule has 3 aromatic rings. The van der Waals surface area contributed by atoms with Crippen LogP contribution in [0.25, 0.3) is 5.65 Å². The van der Waals surface area contributed by atoms with Crippen molar-refractivity contribution < 1.29 is 9.90 Å². The molecule has 0 aliphatic rings. The van der Waals surface area contributed by atoms with Gasteiger partial charge in [-0.2, -0.15) is 0 Å². The van der Waals surface area contributed by atoms with E-state index < -0.39 is 0 Å². The first-order valence-electron chi connectivity index (χ1n) is 7.31. The van der Waals surface area contributed by atoms with Gasteiger partial charge < -0.3 is 14.8 Å². The second-order valence-electron chi connectivity index (χ2n) is 4.99. The number of thioether (sulfide) groups is 1. The zero-order valence-corrected chi connectivity index (χ0v) is 13.3. The minimum Gasteiger partial charge on any atom is -0.395 e. The molecule has 0 atom stereocenters. The van der Waals surface area contributed by atoms with Crippen LogP contribution in [0.1, 0.15) is 16.1 Å². The Bertz CT molecular complexity index is 766. The molecule has 0 radical (unpaired) electrons. The van der Waals surface area contributed by atoms with Crippen molar-refractivity contribution in [3.8, 4) is 0 Å². The molecule has 3 rings (SSSR count). The second kappa shape index (κ2) is 7.30. The topological polar surface area (TPSA) is 66.6 Å². The molecule has 23 heavy (non-hydrogen) atoms. The fourth-order valence-electron chi connectivity index (χ4n) is 2.19. The maximum absolute atomic E-state index is 11.8. The molecule has 2 heterocycles. The molecule has 6 heteroatoms. The average molecular weight is 327 g/mol. The summed E-state index contributed by atoms with van der Waals surface area (Å²) in [7, 11) is 0. The first-order chi connectivity index (χ1) is 11.3. The van der Waals surface area contributed by atoms with E-state index in [4.69, 9.17) is 5.11 Å². The van der Waals surface area contributed by atoms with Crippen LogP contribution in [0.15, 0.2) is 59.8 Å². The molecule has 2 N–H and O–H groups in total. The highest BCUT2D eigenvalue weighted by atomic mass is 32.2. The fraction of sp³-hybridized carbons (Fsp3) is 0.176. The summed E-state index contributed by atoms with van der Waals surface area (Å²) in [4.78, 5) is 17.4. The molecule has 0 bridgehead atoms. The van der Waals surface area contributed by atoms with Gasteiger partial charge in [-0.3, -0.25) is 4.79 Å². The highest BCUT2D eigenvalue weighted by Crippen LogP contribution is 2.23. The van der Waals surface area contributed by atoms with Gasteiger partial charge in [-0.15, -0.1) is 11.8 Å². The van der Waals surface area contributed by atoms with Gasteiger partial charge in [0.15, 0.2) is 0 Å². The smallest absolute Gasteiger partial charge is 0.251 e. The molecule has 118 valence electrons. The normalized spacial score (nSPS) is 10.8. The van der Waals surface area contributed by atoms with E-state index in [1.807, 2.05) is 47.1 Å². The van der Waals surface area contributed by atoms with Crippen molar-refractivity contribution >= 4 is 23.3 Å². The third kappa shape index (κ3) is 3.91. The Hall–Kier alpha value is -2.31. The van der Waals surface area contributed by atoms with Crippen LogP contribution < -0.4 is 5.32 Å². The van der Waals surface area contributed by atoms with Crippen molar-refractivity contribution in [2.75, 3.05) is 13.2 Å². The van der Waals surface area contributed by atoms with Gasteiger partial charge in [0.1, 0.15) is 5.65 Å². The number of fused-ring (bicyclic) bond motifs is 1. The van der Waals surface area contributed by atoms with E-state index in [9.17, 15) is 4.79 Å². The van der Waals surface area contributed by atoms with Crippen LogP contribution in [0.2, 0.25) is 0 Å². The number of hydrogen-bond acceptors (Lipinski definition) is 4. The van der Waals surface area contributed by atoms with Crippen LogP contribution in [0.5, 0.6) is 0 Å². The number of benzene rings is 1. The average Bonchev–Trinajstić information content (AvgIpc) is 3.01. The number of pyridine rings is 1. The first-order valence-corrected chi connectivity index (χ1v) is 8.29. The van der Waals surface area contributed by atoms with Gasteiger partial charge in [-0.25, -0.2) is 4.98 Å². The molecule has 5 nitrogen and oxygen atoms in total. The summed E-state index contributed by atoms with van der Waals surface area (Å²) in [5, 5.41) is 11.3. The van der Waals surface area contributed by atoms with Gasteiger partial charge in [0, 0.05) is 35.2 Å². The summed E-state index contributed by atoms with van der Waals surface area (Å²) in [6.45, 7) is 0.210. The third-order valence-corrected chi connectivity index (χ3v) is 4.36. The standard InChI is InChI=1S/C17H17N3O2S/c21-10-8-18-17(22)13-4-6-15(7-5-13)23-12-14-11-20-9-2-1-3-16(20)19-14/h1-7,9,11,21H,8,10,12H2,(H,18,22). The maximum atomic E-state index is 11.8. The van der Waals surface area contributed by atoms with Gasteiger partial charge in [-0.1, -0.05) is 6.07 Å². The Morgan fingerprint density at radius 2 is 2.04 bits per heavy atom. The molecule has 0 spiro atoms. The summed E-state index contributed by atoms with van der Waals surface area (Å²) in [6, 6.07) is 13.4. The molecule has 0 fully saturated rings. The number of aliphatic hydroxyl groups is 1. The Morgan fingerprint density at radius 1 is 1.22 bits per heavy atom. The second-order valence-corrected chi connectivity index (χ2v) is 6.04. The molecule has 0 saturated heterocycles. The van der Waals surface area contributed by atoms with Crippen LogP contribution in [0.4, 0.5) is 0 Å². The molecule has 0 unspecified atom stereocenters. The Labute approximate surface area is 138 Å². The molecule has 2 aromatic heterocycles. The molecular formula is C17H17N3O2S. The summed E-state index contributed by atoms with van der Waals surface area (Å²) >= 11 is 1.68. The highest BCUT2D eigenvalue weighted by Gasteiger charge is 2.06. The minimum atomic E-state index is -0.170. The number of carbonyl (C=O) groups is 1. The number of hydrogen-bond donors (Lipinski definition) is 2. The molecule has 1 aromatic carbocycles. The number of rotatable bonds is 6. The summed E-state index contributed by atoms with van der Waals surface area (Å²) in [6.07, 6.45) is 4.01. The van der Waals surface area contributed by atoms with E-state index >= 15 is 0 Å². The van der Waals surface area contributed by atoms with E-state index in [2.05, 4.69) is 10.3 Å². The quantitative estimate of drug-likeness (QED) is 0.682. The lowest BCUT2D eigenvalue weighted by Gasteiger charge is -2.04. The number of aromatic nitrogens is 2. The Morgan fingerprint density at radius 3 is 2.78 bits per heavy atom. The predicted molar refractivity (Wildman–Crippen MR) is 90.6 cm³/mol. The lowest BCUT2D eigenvalue weighted by atomic mass is 10.2. The van der Waals surface area contributed by atoms with E-state index in [-0.39, 0.29) is 19.1 Å². The van der Waals surface area contributed by atoms with Crippen molar-refractivity contribution in [2.24, 2.45) is 0 Å². The Balaban J connectivity index is 1.61. The van der Waals surface area contributed by atoms with Gasteiger partial charge in [0.05, 0.1) is 12.3 Å². The number of carbonyl (C=O) groups excluding carboxylic acids is 1. The first kappa shape index (κ1) is 15.6. The monoisotopic (exact) mass is 327 g/mol. The van der Waals surface area contributed by atoms with Crippen LogP contribution in [-0.2, 0) is 5.75 Å². The molecule has 0 aliphatic heterocycles. The van der Waals surface area contributed by atoms with E-state index in [1.165, 1.54) is 0 Å². The number of imidazole rings is 1. The summed E-state index contributed by atoms with van der Waals surface area (Å²) < 4.78 is 2.00. The van der Waals surface area contributed by atoms with E-state index in [0.29, 0.717) is 5.56 Å². The summed E-state index contributed by atoms with van der Waals surface area (Å²) in [5.41, 5.74) is 2.56. The zero-order valence-electron chi connectivity index (χ0n) is 12.5. The molecule has 1 amide bonds. The minimum absolute atomic E-state index is 0.0569. The van der Waals surface area contributed by atoms with E-state index in [1.54, 1.807) is 23.9 Å². The number of aliphatic hydroxyl groups excluding tert-OH is 1. The van der Waals surface area contributed by atoms with Crippen LogP contribution in [-0.4, -0.2) is 33.6 Å². The largest absolute Gasteiger partial charge is 0.395 e. The Kier molecular flexibility index (Phi) is 4.95. The molecular weight excluding hydrogens is 310 g/mol. The zero-order chi connectivity index (χ0) is 16.1. The summed E-state index contributed by atoms with van der Waals surface area (Å²) in [5.74, 6) is 0.605.